The van der Waals surface area contributed by atoms with Gasteiger partial charge in [-0.2, -0.15) is 0 Å². The van der Waals surface area contributed by atoms with Crippen LogP contribution in [0.3, 0.4) is 0 Å². The average molecular weight is 512 g/mol. The van der Waals surface area contributed by atoms with Crippen LogP contribution in [0.5, 0.6) is 0 Å². The molecule has 4 atom stereocenters. The second kappa shape index (κ2) is 10.2. The molecule has 1 aliphatic carbocycles. The summed E-state index contributed by atoms with van der Waals surface area (Å²) in [6.07, 6.45) is 1.78. The van der Waals surface area contributed by atoms with E-state index in [-0.39, 0.29) is 23.3 Å². The minimum Gasteiger partial charge on any atom is -0.349 e. The van der Waals surface area contributed by atoms with E-state index in [1.807, 2.05) is 38.1 Å². The molecule has 6 nitrogen and oxygen atoms in total. The smallest absolute Gasteiger partial charge is 0.247 e. The molecule has 0 spiro atoms. The van der Waals surface area contributed by atoms with E-state index in [0.29, 0.717) is 25.3 Å². The maximum Gasteiger partial charge on any atom is 0.247 e. The fourth-order valence-electron chi connectivity index (χ4n) is 5.49. The van der Waals surface area contributed by atoms with Crippen LogP contribution < -0.4 is 10.6 Å². The van der Waals surface area contributed by atoms with Crippen molar-refractivity contribution in [2.45, 2.75) is 77.5 Å². The third-order valence-corrected chi connectivity index (χ3v) is 7.41. The Morgan fingerprint density at radius 3 is 2.27 bits per heavy atom. The lowest BCUT2D eigenvalue weighted by Gasteiger charge is -2.46. The third-order valence-electron chi connectivity index (χ3n) is 7.41. The van der Waals surface area contributed by atoms with Crippen LogP contribution in [0.2, 0.25) is 0 Å². The predicted molar refractivity (Wildman–Crippen MR) is 136 cm³/mol. The second-order valence-electron chi connectivity index (χ2n) is 11.3. The highest BCUT2D eigenvalue weighted by molar-refractivity contribution is 6.00. The number of fused-ring (bicyclic) bond motifs is 1. The van der Waals surface area contributed by atoms with Gasteiger partial charge in [-0.15, -0.1) is 0 Å². The summed E-state index contributed by atoms with van der Waals surface area (Å²) in [5, 5.41) is 5.78. The minimum absolute atomic E-state index is 0.145. The summed E-state index contributed by atoms with van der Waals surface area (Å²) in [5.74, 6) is -3.66. The molecular weight excluding hydrogens is 476 g/mol. The summed E-state index contributed by atoms with van der Waals surface area (Å²) in [5.41, 5.74) is 1.41. The first kappa shape index (κ1) is 26.8. The fraction of sp³-hybridized carbons (Fsp3) is 0.483. The van der Waals surface area contributed by atoms with Crippen LogP contribution in [0.25, 0.3) is 0 Å². The molecule has 8 heteroatoms. The first-order valence-corrected chi connectivity index (χ1v) is 12.9. The lowest BCUT2D eigenvalue weighted by Crippen LogP contribution is -2.68. The Labute approximate surface area is 216 Å². The van der Waals surface area contributed by atoms with Gasteiger partial charge in [-0.3, -0.25) is 14.4 Å². The Bertz CT molecular complexity index is 1180. The molecule has 0 bridgehead atoms. The summed E-state index contributed by atoms with van der Waals surface area (Å²) in [6.45, 7) is 9.05. The van der Waals surface area contributed by atoms with Crippen LogP contribution >= 0.6 is 0 Å². The van der Waals surface area contributed by atoms with Crippen LogP contribution in [0.1, 0.15) is 63.8 Å². The Hall–Kier alpha value is -3.29. The molecule has 2 N–H and O–H groups in total. The predicted octanol–water partition coefficient (Wildman–Crippen LogP) is 4.08. The maximum atomic E-state index is 15.2. The highest BCUT2D eigenvalue weighted by atomic mass is 19.1. The molecule has 2 aliphatic rings. The van der Waals surface area contributed by atoms with E-state index in [2.05, 4.69) is 10.6 Å². The van der Waals surface area contributed by atoms with Crippen LogP contribution in [-0.2, 0) is 27.2 Å². The summed E-state index contributed by atoms with van der Waals surface area (Å²) in [6, 6.07) is 7.56. The van der Waals surface area contributed by atoms with Crippen LogP contribution in [0.4, 0.5) is 8.78 Å². The van der Waals surface area contributed by atoms with Gasteiger partial charge in [0.05, 0.1) is 0 Å². The largest absolute Gasteiger partial charge is 0.349 e. The number of carbonyl (C=O) groups is 3. The van der Waals surface area contributed by atoms with Gasteiger partial charge in [0.15, 0.2) is 0 Å². The summed E-state index contributed by atoms with van der Waals surface area (Å²) in [4.78, 5) is 42.8. The van der Waals surface area contributed by atoms with Crippen LogP contribution in [-0.4, -0.2) is 40.2 Å². The molecule has 1 fully saturated rings. The van der Waals surface area contributed by atoms with Gasteiger partial charge in [0.2, 0.25) is 17.7 Å². The number of halogens is 2. The number of nitrogens with zero attached hydrogens (tertiary/aromatic N) is 1. The molecule has 4 rings (SSSR count). The zero-order chi connectivity index (χ0) is 27.1. The number of nitrogens with one attached hydrogen (secondary N) is 2. The Morgan fingerprint density at radius 2 is 1.73 bits per heavy atom. The van der Waals surface area contributed by atoms with Gasteiger partial charge in [-0.05, 0) is 62.6 Å². The average Bonchev–Trinajstić information content (AvgIpc) is 3.25. The highest BCUT2D eigenvalue weighted by Crippen LogP contribution is 2.37. The van der Waals surface area contributed by atoms with Gasteiger partial charge in [-0.1, -0.05) is 50.6 Å². The monoisotopic (exact) mass is 511 g/mol. The molecular formula is C29H35F2N3O3. The van der Waals surface area contributed by atoms with Crippen LogP contribution in [0.15, 0.2) is 42.5 Å². The zero-order valence-electron chi connectivity index (χ0n) is 22.0. The minimum atomic E-state index is -1.44. The number of piperazine rings is 1. The molecule has 2 aromatic carbocycles. The highest BCUT2D eigenvalue weighted by Gasteiger charge is 2.51. The summed E-state index contributed by atoms with van der Waals surface area (Å²) in [7, 11) is 0. The number of amides is 3. The van der Waals surface area contributed by atoms with Gasteiger partial charge >= 0.3 is 0 Å². The van der Waals surface area contributed by atoms with Crippen molar-refractivity contribution in [1.82, 2.24) is 15.5 Å². The number of rotatable bonds is 6. The van der Waals surface area contributed by atoms with Crippen molar-refractivity contribution in [2.24, 2.45) is 11.8 Å². The number of hydrogen-bond donors (Lipinski definition) is 2. The fourth-order valence-corrected chi connectivity index (χ4v) is 5.49. The zero-order valence-corrected chi connectivity index (χ0v) is 22.0. The molecule has 1 aliphatic heterocycles. The van der Waals surface area contributed by atoms with Crippen molar-refractivity contribution in [1.29, 1.82) is 0 Å². The van der Waals surface area contributed by atoms with E-state index in [1.165, 1.54) is 11.0 Å². The molecule has 0 saturated carbocycles. The van der Waals surface area contributed by atoms with Gasteiger partial charge in [0.1, 0.15) is 29.8 Å². The molecule has 1 unspecified atom stereocenters. The molecule has 3 amide bonds. The Kier molecular flexibility index (Phi) is 7.40. The maximum absolute atomic E-state index is 15.2. The molecule has 0 aromatic heterocycles. The molecule has 1 saturated heterocycles. The van der Waals surface area contributed by atoms with Crippen LogP contribution in [0, 0.1) is 23.5 Å². The number of hydrogen-bond acceptors (Lipinski definition) is 3. The molecule has 0 radical (unpaired) electrons. The topological polar surface area (TPSA) is 78.5 Å². The molecule has 37 heavy (non-hydrogen) atoms. The normalized spacial score (nSPS) is 21.9. The van der Waals surface area contributed by atoms with E-state index in [9.17, 15) is 18.8 Å². The SMILES string of the molecule is CC[C@H](C)[C@@H]1C(=O)NC(C2Cc3ccccc3C2)C(=O)N1[C@@H](C(=O)NC(C)(C)C)c1ccc(F)cc1F. The van der Waals surface area contributed by atoms with Crippen molar-refractivity contribution in [3.63, 3.8) is 0 Å². The number of benzene rings is 2. The third kappa shape index (κ3) is 5.38. The van der Waals surface area contributed by atoms with Crippen molar-refractivity contribution in [3.05, 3.63) is 70.8 Å². The quantitative estimate of drug-likeness (QED) is 0.614. The lowest BCUT2D eigenvalue weighted by molar-refractivity contribution is -0.159. The first-order valence-electron chi connectivity index (χ1n) is 12.9. The van der Waals surface area contributed by atoms with Crippen molar-refractivity contribution < 1.29 is 23.2 Å². The molecule has 1 heterocycles. The molecule has 2 aromatic rings. The number of carbonyl (C=O) groups excluding carboxylic acids is 3. The summed E-state index contributed by atoms with van der Waals surface area (Å²) < 4.78 is 29.0. The second-order valence-corrected chi connectivity index (χ2v) is 11.3. The van der Waals surface area contributed by atoms with E-state index in [0.717, 1.165) is 17.2 Å². The van der Waals surface area contributed by atoms with E-state index >= 15 is 4.39 Å². The summed E-state index contributed by atoms with van der Waals surface area (Å²) >= 11 is 0. The van der Waals surface area contributed by atoms with Crippen molar-refractivity contribution in [2.75, 3.05) is 0 Å². The Morgan fingerprint density at radius 1 is 1.11 bits per heavy atom. The van der Waals surface area contributed by atoms with Gasteiger partial charge in [0.25, 0.3) is 0 Å². The molecule has 198 valence electrons. The van der Waals surface area contributed by atoms with Gasteiger partial charge in [0, 0.05) is 17.2 Å². The van der Waals surface area contributed by atoms with Gasteiger partial charge < -0.3 is 15.5 Å². The van der Waals surface area contributed by atoms with Crippen molar-refractivity contribution in [3.8, 4) is 0 Å². The van der Waals surface area contributed by atoms with Crippen molar-refractivity contribution >= 4 is 17.7 Å². The standard InChI is InChI=1S/C29H35F2N3O3/c1-6-16(2)24-26(35)32-23(19-13-17-9-7-8-10-18(17)14-19)28(37)34(24)25(27(36)33-29(3,4)5)21-12-11-20(30)15-22(21)31/h7-12,15-16,19,23-25H,6,13-14H2,1-5H3,(H,32,35)(H,33,36)/t16-,23?,24+,25+/m0/s1. The van der Waals surface area contributed by atoms with E-state index in [1.54, 1.807) is 20.8 Å². The lowest BCUT2D eigenvalue weighted by atomic mass is 9.85. The Balaban J connectivity index is 1.81. The first-order chi connectivity index (χ1) is 17.4. The van der Waals surface area contributed by atoms with E-state index in [4.69, 9.17) is 0 Å². The van der Waals surface area contributed by atoms with E-state index < -0.39 is 47.1 Å². The van der Waals surface area contributed by atoms with Gasteiger partial charge in [-0.25, -0.2) is 8.78 Å².